The number of benzene rings is 1. The Morgan fingerprint density at radius 3 is 2.48 bits per heavy atom. The first-order valence-electron chi connectivity index (χ1n) is 8.44. The van der Waals surface area contributed by atoms with Gasteiger partial charge in [-0.15, -0.1) is 0 Å². The summed E-state index contributed by atoms with van der Waals surface area (Å²) in [7, 11) is -3.54. The van der Waals surface area contributed by atoms with E-state index in [1.54, 1.807) is 0 Å². The van der Waals surface area contributed by atoms with Crippen molar-refractivity contribution >= 4 is 39.3 Å². The third-order valence-corrected chi connectivity index (χ3v) is 5.55. The van der Waals surface area contributed by atoms with Gasteiger partial charge in [0, 0.05) is 12.3 Å². The third kappa shape index (κ3) is 6.51. The smallest absolute Gasteiger partial charge is 0.340 e. The molecular formula is C17H21ClN2O6S. The van der Waals surface area contributed by atoms with E-state index in [1.165, 1.54) is 12.1 Å². The van der Waals surface area contributed by atoms with Crippen LogP contribution in [0.3, 0.4) is 0 Å². The molecule has 2 rings (SSSR count). The average Bonchev–Trinajstić information content (AvgIpc) is 2.59. The molecule has 0 heterocycles. The molecular weight excluding hydrogens is 396 g/mol. The van der Waals surface area contributed by atoms with E-state index in [2.05, 4.69) is 10.6 Å². The van der Waals surface area contributed by atoms with Crippen LogP contribution < -0.4 is 10.6 Å². The summed E-state index contributed by atoms with van der Waals surface area (Å²) in [6.45, 7) is -0.698. The Morgan fingerprint density at radius 2 is 1.85 bits per heavy atom. The lowest BCUT2D eigenvalue weighted by Crippen LogP contribution is -2.46. The van der Waals surface area contributed by atoms with E-state index >= 15 is 0 Å². The number of rotatable bonds is 5. The average molecular weight is 417 g/mol. The van der Waals surface area contributed by atoms with Gasteiger partial charge in [-0.25, -0.2) is 18.0 Å². The van der Waals surface area contributed by atoms with Crippen molar-refractivity contribution in [1.29, 1.82) is 0 Å². The Bertz CT molecular complexity index is 834. The number of sulfone groups is 1. The lowest BCUT2D eigenvalue weighted by molar-refractivity contribution is -0.123. The minimum Gasteiger partial charge on any atom is -0.452 e. The van der Waals surface area contributed by atoms with Gasteiger partial charge in [0.05, 0.1) is 15.5 Å². The van der Waals surface area contributed by atoms with Crippen LogP contribution in [-0.2, 0) is 19.4 Å². The second-order valence-electron chi connectivity index (χ2n) is 6.35. The molecule has 0 radical (unpaired) electrons. The summed E-state index contributed by atoms with van der Waals surface area (Å²) in [5, 5.41) is 4.78. The largest absolute Gasteiger partial charge is 0.452 e. The summed E-state index contributed by atoms with van der Waals surface area (Å²) in [6, 6.07) is 2.99. The highest BCUT2D eigenvalue weighted by Crippen LogP contribution is 2.21. The number of nitrogens with one attached hydrogen (secondary N) is 2. The highest BCUT2D eigenvalue weighted by atomic mass is 35.5. The molecule has 0 bridgehead atoms. The summed E-state index contributed by atoms with van der Waals surface area (Å²) in [4.78, 5) is 35.5. The molecule has 0 aliphatic heterocycles. The first kappa shape index (κ1) is 21.2. The van der Waals surface area contributed by atoms with Crippen molar-refractivity contribution in [1.82, 2.24) is 10.6 Å². The molecule has 1 aliphatic carbocycles. The predicted molar refractivity (Wildman–Crippen MR) is 98.4 cm³/mol. The molecule has 1 aliphatic rings. The second-order valence-corrected chi connectivity index (χ2v) is 8.77. The highest BCUT2D eigenvalue weighted by Gasteiger charge is 2.20. The molecule has 0 aromatic heterocycles. The van der Waals surface area contributed by atoms with E-state index in [4.69, 9.17) is 16.3 Å². The summed E-state index contributed by atoms with van der Waals surface area (Å²) in [6.07, 6.45) is 5.92. The van der Waals surface area contributed by atoms with Gasteiger partial charge in [0.15, 0.2) is 16.4 Å². The number of hydrogen-bond donors (Lipinski definition) is 2. The minimum absolute atomic E-state index is 0.0113. The van der Waals surface area contributed by atoms with Gasteiger partial charge in [-0.1, -0.05) is 30.9 Å². The third-order valence-electron chi connectivity index (χ3n) is 4.11. The fourth-order valence-corrected chi connectivity index (χ4v) is 3.57. The van der Waals surface area contributed by atoms with Crippen LogP contribution in [0.25, 0.3) is 0 Å². The van der Waals surface area contributed by atoms with E-state index in [-0.39, 0.29) is 21.5 Å². The SMILES string of the molecule is CS(=O)(=O)c1ccc(Cl)c(C(=O)OCC(=O)NC(=O)NC2CCCCC2)c1. The number of imide groups is 1. The van der Waals surface area contributed by atoms with Gasteiger partial charge in [-0.05, 0) is 31.0 Å². The van der Waals surface area contributed by atoms with E-state index < -0.39 is 34.4 Å². The van der Waals surface area contributed by atoms with Gasteiger partial charge >= 0.3 is 12.0 Å². The van der Waals surface area contributed by atoms with E-state index in [0.717, 1.165) is 44.4 Å². The van der Waals surface area contributed by atoms with E-state index in [0.29, 0.717) is 0 Å². The van der Waals surface area contributed by atoms with Gasteiger partial charge in [-0.2, -0.15) is 0 Å². The molecule has 0 atom stereocenters. The van der Waals surface area contributed by atoms with Crippen LogP contribution in [0.5, 0.6) is 0 Å². The number of carbonyl (C=O) groups is 3. The van der Waals surface area contributed by atoms with Crippen molar-refractivity contribution in [2.45, 2.75) is 43.0 Å². The maximum absolute atomic E-state index is 12.1. The molecule has 148 valence electrons. The van der Waals surface area contributed by atoms with Crippen molar-refractivity contribution < 1.29 is 27.5 Å². The number of halogens is 1. The zero-order valence-corrected chi connectivity index (χ0v) is 16.4. The second kappa shape index (κ2) is 9.18. The molecule has 2 N–H and O–H groups in total. The first-order valence-corrected chi connectivity index (χ1v) is 10.7. The van der Waals surface area contributed by atoms with Crippen molar-refractivity contribution in [3.8, 4) is 0 Å². The van der Waals surface area contributed by atoms with Crippen LogP contribution in [0, 0.1) is 0 Å². The van der Waals surface area contributed by atoms with Gasteiger partial charge < -0.3 is 10.1 Å². The molecule has 1 saturated carbocycles. The number of urea groups is 1. The number of ether oxygens (including phenoxy) is 1. The quantitative estimate of drug-likeness (QED) is 0.709. The molecule has 27 heavy (non-hydrogen) atoms. The molecule has 1 fully saturated rings. The fraction of sp³-hybridized carbons (Fsp3) is 0.471. The van der Waals surface area contributed by atoms with Crippen LogP contribution >= 0.6 is 11.6 Å². The molecule has 1 aromatic rings. The fourth-order valence-electron chi connectivity index (χ4n) is 2.73. The Kier molecular flexibility index (Phi) is 7.20. The Labute approximate surface area is 162 Å². The van der Waals surface area contributed by atoms with Crippen LogP contribution in [0.2, 0.25) is 5.02 Å². The van der Waals surface area contributed by atoms with E-state index in [1.807, 2.05) is 0 Å². The van der Waals surface area contributed by atoms with Crippen molar-refractivity contribution in [2.75, 3.05) is 12.9 Å². The number of carbonyl (C=O) groups excluding carboxylic acids is 3. The molecule has 1 aromatic carbocycles. The molecule has 10 heteroatoms. The van der Waals surface area contributed by atoms with Crippen molar-refractivity contribution in [3.05, 3.63) is 28.8 Å². The molecule has 0 unspecified atom stereocenters. The van der Waals surface area contributed by atoms with Gasteiger partial charge in [0.25, 0.3) is 5.91 Å². The summed E-state index contributed by atoms with van der Waals surface area (Å²) in [5.74, 6) is -1.76. The maximum atomic E-state index is 12.1. The summed E-state index contributed by atoms with van der Waals surface area (Å²) >= 11 is 5.89. The summed E-state index contributed by atoms with van der Waals surface area (Å²) < 4.78 is 28.0. The number of amides is 3. The highest BCUT2D eigenvalue weighted by molar-refractivity contribution is 7.90. The normalized spacial score (nSPS) is 15.0. The van der Waals surface area contributed by atoms with Gasteiger partial charge in [0.2, 0.25) is 0 Å². The van der Waals surface area contributed by atoms with Crippen molar-refractivity contribution in [2.24, 2.45) is 0 Å². The van der Waals surface area contributed by atoms with E-state index in [9.17, 15) is 22.8 Å². The Hall–Kier alpha value is -2.13. The van der Waals surface area contributed by atoms with Crippen molar-refractivity contribution in [3.63, 3.8) is 0 Å². The number of hydrogen-bond acceptors (Lipinski definition) is 6. The first-order chi connectivity index (χ1) is 12.7. The minimum atomic E-state index is -3.54. The van der Waals surface area contributed by atoms with Crippen LogP contribution in [0.15, 0.2) is 23.1 Å². The van der Waals surface area contributed by atoms with Crippen LogP contribution in [0.1, 0.15) is 42.5 Å². The zero-order valence-electron chi connectivity index (χ0n) is 14.8. The Morgan fingerprint density at radius 1 is 1.19 bits per heavy atom. The zero-order chi connectivity index (χ0) is 20.0. The Balaban J connectivity index is 1.87. The molecule has 0 spiro atoms. The summed E-state index contributed by atoms with van der Waals surface area (Å²) in [5.41, 5.74) is -0.181. The monoisotopic (exact) mass is 416 g/mol. The van der Waals surface area contributed by atoms with Crippen LogP contribution in [0.4, 0.5) is 4.79 Å². The lowest BCUT2D eigenvalue weighted by Gasteiger charge is -2.22. The standard InChI is InChI=1S/C17H21ClN2O6S/c1-27(24,25)12-7-8-14(18)13(9-12)16(22)26-10-15(21)20-17(23)19-11-5-3-2-4-6-11/h7-9,11H,2-6,10H2,1H3,(H2,19,20,21,23). The van der Waals surface area contributed by atoms with Gasteiger partial charge in [0.1, 0.15) is 0 Å². The van der Waals surface area contributed by atoms with Crippen LogP contribution in [-0.4, -0.2) is 45.2 Å². The molecule has 0 saturated heterocycles. The predicted octanol–water partition coefficient (Wildman–Crippen LogP) is 2.06. The topological polar surface area (TPSA) is 119 Å². The lowest BCUT2D eigenvalue weighted by atomic mass is 9.96. The molecule has 3 amide bonds. The van der Waals surface area contributed by atoms with Gasteiger partial charge in [-0.3, -0.25) is 10.1 Å². The maximum Gasteiger partial charge on any atom is 0.340 e. The molecule has 8 nitrogen and oxygen atoms in total. The number of esters is 1.